The first-order chi connectivity index (χ1) is 8.17. The van der Waals surface area contributed by atoms with E-state index in [2.05, 4.69) is 17.2 Å². The van der Waals surface area contributed by atoms with E-state index in [9.17, 15) is 4.79 Å². The smallest absolute Gasteiger partial charge is 0.411 e. The number of halogens is 1. The van der Waals surface area contributed by atoms with E-state index in [1.54, 1.807) is 25.1 Å². The lowest BCUT2D eigenvalue weighted by Crippen LogP contribution is -2.14. The van der Waals surface area contributed by atoms with Gasteiger partial charge in [0, 0.05) is 10.6 Å². The van der Waals surface area contributed by atoms with Crippen molar-refractivity contribution in [3.05, 3.63) is 28.8 Å². The van der Waals surface area contributed by atoms with Crippen molar-refractivity contribution in [2.45, 2.75) is 6.92 Å². The van der Waals surface area contributed by atoms with Gasteiger partial charge in [0.15, 0.2) is 0 Å². The summed E-state index contributed by atoms with van der Waals surface area (Å²) in [5.74, 6) is 5.54. The highest BCUT2D eigenvalue weighted by atomic mass is 35.5. The molecular formula is C12H13ClN2O2. The van der Waals surface area contributed by atoms with E-state index in [1.807, 2.05) is 0 Å². The molecule has 4 nitrogen and oxygen atoms in total. The molecule has 0 atom stereocenters. The largest absolute Gasteiger partial charge is 0.450 e. The third-order valence-corrected chi connectivity index (χ3v) is 2.05. The van der Waals surface area contributed by atoms with Gasteiger partial charge in [0.2, 0.25) is 0 Å². The Labute approximate surface area is 105 Å². The average Bonchev–Trinajstić information content (AvgIpc) is 2.30. The first-order valence-electron chi connectivity index (χ1n) is 5.09. The van der Waals surface area contributed by atoms with Gasteiger partial charge >= 0.3 is 6.09 Å². The molecule has 1 aromatic carbocycles. The van der Waals surface area contributed by atoms with Gasteiger partial charge in [-0.3, -0.25) is 5.32 Å². The van der Waals surface area contributed by atoms with E-state index in [0.717, 1.165) is 0 Å². The van der Waals surface area contributed by atoms with Gasteiger partial charge in [-0.25, -0.2) is 4.79 Å². The summed E-state index contributed by atoms with van der Waals surface area (Å²) in [6.07, 6.45) is -0.523. The third kappa shape index (κ3) is 4.35. The number of carbonyl (C=O) groups excluding carboxylic acids is 1. The van der Waals surface area contributed by atoms with Crippen LogP contribution < -0.4 is 11.1 Å². The Morgan fingerprint density at radius 3 is 3.00 bits per heavy atom. The molecule has 0 aliphatic carbocycles. The van der Waals surface area contributed by atoms with Crippen molar-refractivity contribution in [2.75, 3.05) is 18.5 Å². The van der Waals surface area contributed by atoms with Crippen molar-refractivity contribution in [1.29, 1.82) is 0 Å². The monoisotopic (exact) mass is 252 g/mol. The fraction of sp³-hybridized carbons (Fsp3) is 0.250. The highest BCUT2D eigenvalue weighted by Gasteiger charge is 2.06. The van der Waals surface area contributed by atoms with E-state index in [1.165, 1.54) is 0 Å². The van der Waals surface area contributed by atoms with Gasteiger partial charge in [0.05, 0.1) is 18.8 Å². The molecule has 5 heteroatoms. The Morgan fingerprint density at radius 2 is 2.35 bits per heavy atom. The summed E-state index contributed by atoms with van der Waals surface area (Å²) >= 11 is 5.85. The quantitative estimate of drug-likeness (QED) is 0.794. The number of hydrogen-bond acceptors (Lipinski definition) is 3. The molecule has 3 N–H and O–H groups in total. The first kappa shape index (κ1) is 13.4. The van der Waals surface area contributed by atoms with E-state index in [0.29, 0.717) is 22.9 Å². The fourth-order valence-corrected chi connectivity index (χ4v) is 1.32. The molecule has 1 rings (SSSR count). The molecular weight excluding hydrogens is 240 g/mol. The standard InChI is InChI=1S/C12H13ClN2O2/c1-2-17-12(16)15-11-6-5-10(13)8-9(11)4-3-7-14/h5-6,8H,2,7,14H2,1H3,(H,15,16). The Hall–Kier alpha value is -1.70. The second-order valence-electron chi connectivity index (χ2n) is 3.04. The Balaban J connectivity index is 2.94. The highest BCUT2D eigenvalue weighted by molar-refractivity contribution is 6.30. The van der Waals surface area contributed by atoms with Crippen LogP contribution in [0.15, 0.2) is 18.2 Å². The van der Waals surface area contributed by atoms with Crippen LogP contribution >= 0.6 is 11.6 Å². The minimum absolute atomic E-state index is 0.241. The lowest BCUT2D eigenvalue weighted by atomic mass is 10.2. The van der Waals surface area contributed by atoms with Crippen molar-refractivity contribution in [2.24, 2.45) is 5.73 Å². The maximum absolute atomic E-state index is 11.3. The maximum Gasteiger partial charge on any atom is 0.411 e. The van der Waals surface area contributed by atoms with Crippen LogP contribution in [-0.4, -0.2) is 19.2 Å². The summed E-state index contributed by atoms with van der Waals surface area (Å²) in [6.45, 7) is 2.28. The molecule has 90 valence electrons. The van der Waals surface area contributed by atoms with Crippen molar-refractivity contribution >= 4 is 23.4 Å². The molecule has 0 spiro atoms. The van der Waals surface area contributed by atoms with Gasteiger partial charge < -0.3 is 10.5 Å². The molecule has 0 unspecified atom stereocenters. The molecule has 0 saturated heterocycles. The summed E-state index contributed by atoms with van der Waals surface area (Å²) < 4.78 is 4.78. The summed E-state index contributed by atoms with van der Waals surface area (Å²) in [7, 11) is 0. The van der Waals surface area contributed by atoms with E-state index < -0.39 is 6.09 Å². The van der Waals surface area contributed by atoms with Gasteiger partial charge in [0.1, 0.15) is 0 Å². The summed E-state index contributed by atoms with van der Waals surface area (Å²) in [6, 6.07) is 4.99. The van der Waals surface area contributed by atoms with E-state index in [-0.39, 0.29) is 6.54 Å². The molecule has 17 heavy (non-hydrogen) atoms. The first-order valence-corrected chi connectivity index (χ1v) is 5.47. The number of benzene rings is 1. The number of carbonyl (C=O) groups is 1. The molecule has 1 amide bonds. The topological polar surface area (TPSA) is 64.3 Å². The molecule has 0 radical (unpaired) electrons. The van der Waals surface area contributed by atoms with Crippen LogP contribution in [-0.2, 0) is 4.74 Å². The zero-order valence-electron chi connectivity index (χ0n) is 9.42. The van der Waals surface area contributed by atoms with Gasteiger partial charge in [-0.05, 0) is 25.1 Å². The zero-order chi connectivity index (χ0) is 12.7. The summed E-state index contributed by atoms with van der Waals surface area (Å²) in [4.78, 5) is 11.3. The highest BCUT2D eigenvalue weighted by Crippen LogP contribution is 2.20. The van der Waals surface area contributed by atoms with Crippen LogP contribution in [0, 0.1) is 11.8 Å². The van der Waals surface area contributed by atoms with Crippen molar-refractivity contribution in [3.8, 4) is 11.8 Å². The number of hydrogen-bond donors (Lipinski definition) is 2. The van der Waals surface area contributed by atoms with Gasteiger partial charge in [0.25, 0.3) is 0 Å². The minimum atomic E-state index is -0.523. The molecule has 0 aromatic heterocycles. The second-order valence-corrected chi connectivity index (χ2v) is 3.48. The maximum atomic E-state index is 11.3. The number of nitrogens with one attached hydrogen (secondary N) is 1. The van der Waals surface area contributed by atoms with E-state index >= 15 is 0 Å². The fourth-order valence-electron chi connectivity index (χ4n) is 1.15. The normalized spacial score (nSPS) is 9.12. The summed E-state index contributed by atoms with van der Waals surface area (Å²) in [5, 5.41) is 3.13. The Bertz CT molecular complexity index is 463. The van der Waals surface area contributed by atoms with Crippen LogP contribution in [0.3, 0.4) is 0 Å². The van der Waals surface area contributed by atoms with Crippen LogP contribution in [0.4, 0.5) is 10.5 Å². The molecule has 0 saturated carbocycles. The predicted molar refractivity (Wildman–Crippen MR) is 68.0 cm³/mol. The number of anilines is 1. The molecule has 0 bridgehead atoms. The Kier molecular flexibility index (Phi) is 5.34. The van der Waals surface area contributed by atoms with Crippen molar-refractivity contribution in [3.63, 3.8) is 0 Å². The molecule has 0 fully saturated rings. The summed E-state index contributed by atoms with van der Waals surface area (Å²) in [5.41, 5.74) is 6.45. The van der Waals surface area contributed by atoms with Gasteiger partial charge in [-0.2, -0.15) is 0 Å². The number of amides is 1. The number of ether oxygens (including phenoxy) is 1. The third-order valence-electron chi connectivity index (χ3n) is 1.82. The van der Waals surface area contributed by atoms with Crippen molar-refractivity contribution in [1.82, 2.24) is 0 Å². The second kappa shape index (κ2) is 6.79. The average molecular weight is 253 g/mol. The van der Waals surface area contributed by atoms with Gasteiger partial charge in [-0.1, -0.05) is 23.4 Å². The van der Waals surface area contributed by atoms with Crippen LogP contribution in [0.2, 0.25) is 5.02 Å². The lowest BCUT2D eigenvalue weighted by Gasteiger charge is -2.07. The van der Waals surface area contributed by atoms with Crippen LogP contribution in [0.25, 0.3) is 0 Å². The lowest BCUT2D eigenvalue weighted by molar-refractivity contribution is 0.168. The van der Waals surface area contributed by atoms with Crippen molar-refractivity contribution < 1.29 is 9.53 Å². The van der Waals surface area contributed by atoms with Crippen LogP contribution in [0.5, 0.6) is 0 Å². The number of nitrogens with two attached hydrogens (primary N) is 1. The van der Waals surface area contributed by atoms with Gasteiger partial charge in [-0.15, -0.1) is 0 Å². The zero-order valence-corrected chi connectivity index (χ0v) is 10.2. The molecule has 0 aliphatic heterocycles. The minimum Gasteiger partial charge on any atom is -0.450 e. The number of rotatable bonds is 2. The van der Waals surface area contributed by atoms with E-state index in [4.69, 9.17) is 22.1 Å². The molecule has 0 heterocycles. The SMILES string of the molecule is CCOC(=O)Nc1ccc(Cl)cc1C#CCN. The molecule has 0 aliphatic rings. The van der Waals surface area contributed by atoms with Crippen LogP contribution in [0.1, 0.15) is 12.5 Å². The Morgan fingerprint density at radius 1 is 1.59 bits per heavy atom. The predicted octanol–water partition coefficient (Wildman–Crippen LogP) is 2.22. The molecule has 1 aromatic rings.